The van der Waals surface area contributed by atoms with Gasteiger partial charge in [-0.2, -0.15) is 4.31 Å². The van der Waals surface area contributed by atoms with Crippen LogP contribution in [0.2, 0.25) is 0 Å². The zero-order valence-corrected chi connectivity index (χ0v) is 13.3. The Bertz CT molecular complexity index is 836. The van der Waals surface area contributed by atoms with E-state index in [-0.39, 0.29) is 10.5 Å². The van der Waals surface area contributed by atoms with Crippen molar-refractivity contribution in [1.29, 1.82) is 0 Å². The lowest BCUT2D eigenvalue weighted by atomic mass is 10.2. The van der Waals surface area contributed by atoms with E-state index in [1.807, 2.05) is 0 Å². The number of pyridine rings is 1. The second-order valence-electron chi connectivity index (χ2n) is 5.54. The fraction of sp³-hybridized carbons (Fsp3) is 0.400. The van der Waals surface area contributed by atoms with Gasteiger partial charge in [0.05, 0.1) is 32.7 Å². The van der Waals surface area contributed by atoms with Crippen LogP contribution in [0, 0.1) is 0 Å². The van der Waals surface area contributed by atoms with Gasteiger partial charge in [0, 0.05) is 17.0 Å². The van der Waals surface area contributed by atoms with Crippen molar-refractivity contribution in [2.75, 3.05) is 32.7 Å². The zero-order valence-electron chi connectivity index (χ0n) is 12.5. The Morgan fingerprint density at radius 3 is 2.45 bits per heavy atom. The first kappa shape index (κ1) is 15.2. The smallest absolute Gasteiger partial charge is 0.255 e. The molecule has 22 heavy (non-hydrogen) atoms. The second kappa shape index (κ2) is 5.83. The van der Waals surface area contributed by atoms with E-state index < -0.39 is 10.0 Å². The van der Waals surface area contributed by atoms with Gasteiger partial charge in [0.25, 0.3) is 5.56 Å². The summed E-state index contributed by atoms with van der Waals surface area (Å²) in [5.74, 6) is 0. The monoisotopic (exact) mass is 322 g/mol. The van der Waals surface area contributed by atoms with Gasteiger partial charge >= 0.3 is 0 Å². The lowest BCUT2D eigenvalue weighted by Crippen LogP contribution is -3.14. The highest BCUT2D eigenvalue weighted by atomic mass is 32.2. The van der Waals surface area contributed by atoms with E-state index in [1.165, 1.54) is 15.4 Å². The molecule has 1 aromatic heterocycles. The van der Waals surface area contributed by atoms with Crippen molar-refractivity contribution < 1.29 is 13.3 Å². The van der Waals surface area contributed by atoms with E-state index in [9.17, 15) is 13.2 Å². The summed E-state index contributed by atoms with van der Waals surface area (Å²) in [4.78, 5) is 16.0. The third-order valence-electron chi connectivity index (χ3n) is 4.32. The first-order chi connectivity index (χ1) is 10.5. The number of aromatic amines is 1. The number of piperazine rings is 1. The summed E-state index contributed by atoms with van der Waals surface area (Å²) < 4.78 is 27.3. The maximum Gasteiger partial charge on any atom is 0.255 e. The maximum absolute atomic E-state index is 12.9. The summed E-state index contributed by atoms with van der Waals surface area (Å²) in [5.41, 5.74) is -0.269. The van der Waals surface area contributed by atoms with Crippen LogP contribution >= 0.6 is 0 Å². The average molecular weight is 322 g/mol. The minimum atomic E-state index is -3.59. The van der Waals surface area contributed by atoms with Gasteiger partial charge in [-0.05, 0) is 13.0 Å². The predicted octanol–water partition coefficient (Wildman–Crippen LogP) is -0.563. The normalized spacial score (nSPS) is 17.9. The fourth-order valence-corrected chi connectivity index (χ4v) is 4.54. The molecule has 7 heteroatoms. The molecule has 6 nitrogen and oxygen atoms in total. The number of benzene rings is 1. The molecule has 1 aromatic carbocycles. The molecular formula is C15H20N3O3S+. The molecule has 0 unspecified atom stereocenters. The molecule has 0 spiro atoms. The van der Waals surface area contributed by atoms with Gasteiger partial charge in [-0.15, -0.1) is 0 Å². The Morgan fingerprint density at radius 1 is 1.18 bits per heavy atom. The van der Waals surface area contributed by atoms with Gasteiger partial charge in [0.15, 0.2) is 0 Å². The molecule has 1 fully saturated rings. The van der Waals surface area contributed by atoms with Crippen molar-refractivity contribution in [2.24, 2.45) is 0 Å². The SMILES string of the molecule is CC[NH+]1CCN(S(=O)(=O)c2c[nH]c(=O)c3ccccc23)CC1. The highest BCUT2D eigenvalue weighted by Crippen LogP contribution is 2.22. The van der Waals surface area contributed by atoms with Crippen molar-refractivity contribution in [3.8, 4) is 0 Å². The number of fused-ring (bicyclic) bond motifs is 1. The highest BCUT2D eigenvalue weighted by Gasteiger charge is 2.31. The van der Waals surface area contributed by atoms with Gasteiger partial charge in [-0.3, -0.25) is 4.79 Å². The summed E-state index contributed by atoms with van der Waals surface area (Å²) in [7, 11) is -3.59. The fourth-order valence-electron chi connectivity index (χ4n) is 2.93. The third-order valence-corrected chi connectivity index (χ3v) is 6.26. The molecule has 0 aliphatic carbocycles. The molecule has 0 saturated carbocycles. The number of quaternary nitrogens is 1. The number of aromatic nitrogens is 1. The van der Waals surface area contributed by atoms with E-state index in [0.29, 0.717) is 23.9 Å². The van der Waals surface area contributed by atoms with Crippen molar-refractivity contribution in [3.63, 3.8) is 0 Å². The average Bonchev–Trinajstić information content (AvgIpc) is 2.55. The molecule has 3 rings (SSSR count). The molecule has 1 aliphatic heterocycles. The van der Waals surface area contributed by atoms with Gasteiger partial charge in [0.2, 0.25) is 10.0 Å². The van der Waals surface area contributed by atoms with E-state index in [4.69, 9.17) is 0 Å². The Morgan fingerprint density at radius 2 is 1.82 bits per heavy atom. The Hall–Kier alpha value is -1.70. The first-order valence-electron chi connectivity index (χ1n) is 7.48. The van der Waals surface area contributed by atoms with E-state index in [0.717, 1.165) is 19.6 Å². The number of hydrogen-bond acceptors (Lipinski definition) is 3. The van der Waals surface area contributed by atoms with Crippen molar-refractivity contribution in [2.45, 2.75) is 11.8 Å². The van der Waals surface area contributed by atoms with Crippen LogP contribution in [0.1, 0.15) is 6.92 Å². The molecular weight excluding hydrogens is 302 g/mol. The largest absolute Gasteiger partial charge is 0.333 e. The van der Waals surface area contributed by atoms with Crippen molar-refractivity contribution in [3.05, 3.63) is 40.8 Å². The topological polar surface area (TPSA) is 74.7 Å². The van der Waals surface area contributed by atoms with Crippen LogP contribution in [0.15, 0.2) is 40.2 Å². The quantitative estimate of drug-likeness (QED) is 0.795. The van der Waals surface area contributed by atoms with Crippen LogP contribution in [0.4, 0.5) is 0 Å². The summed E-state index contributed by atoms with van der Waals surface area (Å²) in [6.45, 7) is 5.77. The standard InChI is InChI=1S/C15H19N3O3S/c1-2-17-7-9-18(10-8-17)22(20,21)14-11-16-15(19)13-6-4-3-5-12(13)14/h3-6,11H,2,7-10H2,1H3,(H,16,19)/p+1. The third kappa shape index (κ3) is 2.55. The summed E-state index contributed by atoms with van der Waals surface area (Å²) in [6, 6.07) is 6.81. The number of H-pyrrole nitrogens is 1. The highest BCUT2D eigenvalue weighted by molar-refractivity contribution is 7.89. The molecule has 0 amide bonds. The molecule has 1 aliphatic rings. The number of nitrogens with zero attached hydrogens (tertiary/aromatic N) is 1. The lowest BCUT2D eigenvalue weighted by Gasteiger charge is -2.31. The van der Waals surface area contributed by atoms with Crippen LogP contribution in [-0.2, 0) is 10.0 Å². The van der Waals surface area contributed by atoms with Gasteiger partial charge in [-0.25, -0.2) is 8.42 Å². The molecule has 2 heterocycles. The Labute approximate surface area is 129 Å². The van der Waals surface area contributed by atoms with Crippen LogP contribution in [0.3, 0.4) is 0 Å². The lowest BCUT2D eigenvalue weighted by molar-refractivity contribution is -0.901. The minimum absolute atomic E-state index is 0.183. The Kier molecular flexibility index (Phi) is 4.03. The van der Waals surface area contributed by atoms with E-state index >= 15 is 0 Å². The van der Waals surface area contributed by atoms with E-state index in [2.05, 4.69) is 11.9 Å². The summed E-state index contributed by atoms with van der Waals surface area (Å²) in [5, 5.41) is 0.887. The van der Waals surface area contributed by atoms with Crippen LogP contribution in [0.25, 0.3) is 10.8 Å². The number of hydrogen-bond donors (Lipinski definition) is 2. The number of likely N-dealkylation sites (N-methyl/N-ethyl adjacent to an activating group) is 1. The predicted molar refractivity (Wildman–Crippen MR) is 84.6 cm³/mol. The van der Waals surface area contributed by atoms with Crippen molar-refractivity contribution >= 4 is 20.8 Å². The van der Waals surface area contributed by atoms with Crippen LogP contribution in [-0.4, -0.2) is 50.4 Å². The minimum Gasteiger partial charge on any atom is -0.333 e. The van der Waals surface area contributed by atoms with Crippen LogP contribution in [0.5, 0.6) is 0 Å². The second-order valence-corrected chi connectivity index (χ2v) is 7.44. The van der Waals surface area contributed by atoms with Gasteiger partial charge in [0.1, 0.15) is 4.90 Å². The summed E-state index contributed by atoms with van der Waals surface area (Å²) >= 11 is 0. The zero-order chi connectivity index (χ0) is 15.7. The van der Waals surface area contributed by atoms with Gasteiger partial charge < -0.3 is 9.88 Å². The molecule has 0 atom stereocenters. The molecule has 2 aromatic rings. The number of nitrogens with one attached hydrogen (secondary N) is 2. The molecule has 0 radical (unpaired) electrons. The Balaban J connectivity index is 2.04. The molecule has 2 N–H and O–H groups in total. The maximum atomic E-state index is 12.9. The number of rotatable bonds is 3. The van der Waals surface area contributed by atoms with Crippen molar-refractivity contribution in [1.82, 2.24) is 9.29 Å². The summed E-state index contributed by atoms with van der Waals surface area (Å²) in [6.07, 6.45) is 1.32. The van der Waals surface area contributed by atoms with Crippen LogP contribution < -0.4 is 10.5 Å². The molecule has 0 bridgehead atoms. The van der Waals surface area contributed by atoms with Gasteiger partial charge in [-0.1, -0.05) is 18.2 Å². The first-order valence-corrected chi connectivity index (χ1v) is 8.92. The molecule has 118 valence electrons. The molecule has 1 saturated heterocycles. The number of sulfonamides is 1. The van der Waals surface area contributed by atoms with E-state index in [1.54, 1.807) is 24.3 Å².